The van der Waals surface area contributed by atoms with E-state index in [1.165, 1.54) is 12.1 Å². The number of nitro groups is 1. The number of hydrogen-bond acceptors (Lipinski definition) is 4. The Morgan fingerprint density at radius 1 is 1.33 bits per heavy atom. The number of carboxylic acid groups (broad SMARTS) is 1. The second kappa shape index (κ2) is 5.88. The molecule has 6 nitrogen and oxygen atoms in total. The van der Waals surface area contributed by atoms with Crippen molar-refractivity contribution in [1.29, 1.82) is 0 Å². The van der Waals surface area contributed by atoms with Crippen molar-refractivity contribution in [3.8, 4) is 11.5 Å². The van der Waals surface area contributed by atoms with Gasteiger partial charge in [0.25, 0.3) is 0 Å². The highest BCUT2D eigenvalue weighted by molar-refractivity contribution is 9.10. The third-order valence-electron chi connectivity index (χ3n) is 2.50. The molecule has 0 saturated carbocycles. The molecule has 0 amide bonds. The lowest BCUT2D eigenvalue weighted by Gasteiger charge is -2.08. The first-order chi connectivity index (χ1) is 9.88. The van der Waals surface area contributed by atoms with Crippen LogP contribution in [0.5, 0.6) is 11.5 Å². The summed E-state index contributed by atoms with van der Waals surface area (Å²) in [5, 5.41) is 19.7. The number of nitro benzene ring substituents is 1. The Morgan fingerprint density at radius 3 is 2.62 bits per heavy atom. The van der Waals surface area contributed by atoms with E-state index in [2.05, 4.69) is 15.9 Å². The first-order valence-corrected chi connectivity index (χ1v) is 6.32. The van der Waals surface area contributed by atoms with Crippen molar-refractivity contribution >= 4 is 27.6 Å². The molecule has 2 aromatic rings. The molecule has 21 heavy (non-hydrogen) atoms. The molecule has 0 aliphatic heterocycles. The zero-order valence-electron chi connectivity index (χ0n) is 10.2. The van der Waals surface area contributed by atoms with Gasteiger partial charge in [-0.2, -0.15) is 0 Å². The van der Waals surface area contributed by atoms with Gasteiger partial charge in [-0.1, -0.05) is 22.0 Å². The molecule has 1 N–H and O–H groups in total. The van der Waals surface area contributed by atoms with Gasteiger partial charge in [-0.05, 0) is 18.2 Å². The standard InChI is InChI=1S/C13H7BrFNO5/c14-7-2-1-3-8(4-7)21-12-6-10(15)9(13(17)18)5-11(12)16(19)20/h1-6H,(H,17,18). The van der Waals surface area contributed by atoms with Crippen LogP contribution in [0.25, 0.3) is 0 Å². The molecule has 0 spiro atoms. The van der Waals surface area contributed by atoms with Crippen LogP contribution >= 0.6 is 15.9 Å². The van der Waals surface area contributed by atoms with Crippen molar-refractivity contribution < 1.29 is 24.0 Å². The third-order valence-corrected chi connectivity index (χ3v) is 2.99. The predicted octanol–water partition coefficient (Wildman–Crippen LogP) is 3.99. The molecule has 2 rings (SSSR count). The van der Waals surface area contributed by atoms with E-state index in [1.807, 2.05) is 0 Å². The minimum absolute atomic E-state index is 0.245. The van der Waals surface area contributed by atoms with E-state index in [-0.39, 0.29) is 11.5 Å². The summed E-state index contributed by atoms with van der Waals surface area (Å²) in [6, 6.07) is 7.72. The summed E-state index contributed by atoms with van der Waals surface area (Å²) in [4.78, 5) is 20.9. The SMILES string of the molecule is O=C(O)c1cc([N+](=O)[O-])c(Oc2cccc(Br)c2)cc1F. The molecule has 8 heteroatoms. The predicted molar refractivity (Wildman–Crippen MR) is 74.2 cm³/mol. The van der Waals surface area contributed by atoms with E-state index in [0.717, 1.165) is 0 Å². The largest absolute Gasteiger partial charge is 0.478 e. The van der Waals surface area contributed by atoms with Crippen molar-refractivity contribution in [3.05, 3.63) is 62.4 Å². The van der Waals surface area contributed by atoms with Gasteiger partial charge in [0.1, 0.15) is 17.1 Å². The number of halogens is 2. The topological polar surface area (TPSA) is 89.7 Å². The zero-order chi connectivity index (χ0) is 15.6. The van der Waals surface area contributed by atoms with E-state index in [0.29, 0.717) is 16.6 Å². The highest BCUT2D eigenvalue weighted by Gasteiger charge is 2.23. The van der Waals surface area contributed by atoms with E-state index < -0.39 is 28.0 Å². The third kappa shape index (κ3) is 3.34. The molecule has 0 heterocycles. The molecule has 0 bridgehead atoms. The summed E-state index contributed by atoms with van der Waals surface area (Å²) in [7, 11) is 0. The summed E-state index contributed by atoms with van der Waals surface area (Å²) >= 11 is 3.20. The molecule has 0 radical (unpaired) electrons. The average Bonchev–Trinajstić information content (AvgIpc) is 2.37. The van der Waals surface area contributed by atoms with Crippen LogP contribution in [0, 0.1) is 15.9 Å². The van der Waals surface area contributed by atoms with Gasteiger partial charge in [-0.3, -0.25) is 10.1 Å². The molecule has 0 aliphatic rings. The monoisotopic (exact) mass is 355 g/mol. The summed E-state index contributed by atoms with van der Waals surface area (Å²) in [5.41, 5.74) is -1.42. The molecule has 0 aliphatic carbocycles. The van der Waals surface area contributed by atoms with Gasteiger partial charge in [0.2, 0.25) is 5.75 Å². The lowest BCUT2D eigenvalue weighted by Crippen LogP contribution is -2.03. The number of carboxylic acids is 1. The van der Waals surface area contributed by atoms with Crippen molar-refractivity contribution in [3.63, 3.8) is 0 Å². The van der Waals surface area contributed by atoms with Crippen molar-refractivity contribution in [1.82, 2.24) is 0 Å². The molecule has 0 fully saturated rings. The van der Waals surface area contributed by atoms with Crippen molar-refractivity contribution in [2.75, 3.05) is 0 Å². The fourth-order valence-electron chi connectivity index (χ4n) is 1.59. The maximum atomic E-state index is 13.6. The summed E-state index contributed by atoms with van der Waals surface area (Å²) in [5.74, 6) is -2.83. The van der Waals surface area contributed by atoms with Crippen LogP contribution in [-0.2, 0) is 0 Å². The van der Waals surface area contributed by atoms with Gasteiger partial charge in [0, 0.05) is 16.6 Å². The van der Waals surface area contributed by atoms with Crippen LogP contribution in [0.2, 0.25) is 0 Å². The normalized spacial score (nSPS) is 10.2. The number of aromatic carboxylic acids is 1. The summed E-state index contributed by atoms with van der Waals surface area (Å²) in [6.07, 6.45) is 0. The molecule has 0 unspecified atom stereocenters. The second-order valence-electron chi connectivity index (χ2n) is 3.92. The molecule has 108 valence electrons. The molecule has 2 aromatic carbocycles. The maximum Gasteiger partial charge on any atom is 0.338 e. The fourth-order valence-corrected chi connectivity index (χ4v) is 1.97. The van der Waals surface area contributed by atoms with Crippen LogP contribution in [0.3, 0.4) is 0 Å². The van der Waals surface area contributed by atoms with Crippen LogP contribution in [-0.4, -0.2) is 16.0 Å². The number of ether oxygens (including phenoxy) is 1. The molecule has 0 atom stereocenters. The van der Waals surface area contributed by atoms with Gasteiger partial charge < -0.3 is 9.84 Å². The maximum absolute atomic E-state index is 13.6. The molecule has 0 aromatic heterocycles. The minimum Gasteiger partial charge on any atom is -0.478 e. The summed E-state index contributed by atoms with van der Waals surface area (Å²) < 4.78 is 19.6. The fraction of sp³-hybridized carbons (Fsp3) is 0. The Balaban J connectivity index is 2.50. The first kappa shape index (κ1) is 14.9. The number of carbonyl (C=O) groups is 1. The number of benzene rings is 2. The Hall–Kier alpha value is -2.48. The second-order valence-corrected chi connectivity index (χ2v) is 4.84. The lowest BCUT2D eigenvalue weighted by atomic mass is 10.1. The van der Waals surface area contributed by atoms with Crippen LogP contribution in [0.4, 0.5) is 10.1 Å². The van der Waals surface area contributed by atoms with Gasteiger partial charge >= 0.3 is 11.7 Å². The number of rotatable bonds is 4. The Labute approximate surface area is 126 Å². The Bertz CT molecular complexity index is 734. The number of nitrogens with zero attached hydrogens (tertiary/aromatic N) is 1. The van der Waals surface area contributed by atoms with Crippen LogP contribution < -0.4 is 4.74 Å². The van der Waals surface area contributed by atoms with Crippen molar-refractivity contribution in [2.24, 2.45) is 0 Å². The van der Waals surface area contributed by atoms with E-state index >= 15 is 0 Å². The Kier molecular flexibility index (Phi) is 4.18. The van der Waals surface area contributed by atoms with Crippen LogP contribution in [0.15, 0.2) is 40.9 Å². The van der Waals surface area contributed by atoms with E-state index in [4.69, 9.17) is 9.84 Å². The quantitative estimate of drug-likeness (QED) is 0.661. The van der Waals surface area contributed by atoms with Gasteiger partial charge in [0.15, 0.2) is 0 Å². The molecular weight excluding hydrogens is 349 g/mol. The number of hydrogen-bond donors (Lipinski definition) is 1. The highest BCUT2D eigenvalue weighted by Crippen LogP contribution is 2.34. The van der Waals surface area contributed by atoms with Crippen LogP contribution in [0.1, 0.15) is 10.4 Å². The van der Waals surface area contributed by atoms with Crippen molar-refractivity contribution in [2.45, 2.75) is 0 Å². The van der Waals surface area contributed by atoms with Gasteiger partial charge in [0.05, 0.1) is 4.92 Å². The first-order valence-electron chi connectivity index (χ1n) is 5.53. The minimum atomic E-state index is -1.59. The van der Waals surface area contributed by atoms with E-state index in [9.17, 15) is 19.3 Å². The lowest BCUT2D eigenvalue weighted by molar-refractivity contribution is -0.385. The van der Waals surface area contributed by atoms with Gasteiger partial charge in [-0.25, -0.2) is 9.18 Å². The average molecular weight is 356 g/mol. The zero-order valence-corrected chi connectivity index (χ0v) is 11.8. The molecular formula is C13H7BrFNO5. The van der Waals surface area contributed by atoms with Gasteiger partial charge in [-0.15, -0.1) is 0 Å². The molecule has 0 saturated heterocycles. The summed E-state index contributed by atoms with van der Waals surface area (Å²) in [6.45, 7) is 0. The van der Waals surface area contributed by atoms with E-state index in [1.54, 1.807) is 12.1 Å². The Morgan fingerprint density at radius 2 is 2.05 bits per heavy atom. The smallest absolute Gasteiger partial charge is 0.338 e. The highest BCUT2D eigenvalue weighted by atomic mass is 79.9.